The van der Waals surface area contributed by atoms with Gasteiger partial charge in [-0.05, 0) is 10.6 Å². The molecule has 0 heterocycles. The van der Waals surface area contributed by atoms with Crippen LogP contribution in [-0.2, 0) is 4.79 Å². The molecule has 5 heteroatoms. The van der Waals surface area contributed by atoms with Crippen molar-refractivity contribution in [2.45, 2.75) is 6.42 Å². The van der Waals surface area contributed by atoms with E-state index in [1.807, 2.05) is 0 Å². The van der Waals surface area contributed by atoms with E-state index in [9.17, 15) is 4.79 Å². The lowest BCUT2D eigenvalue weighted by molar-refractivity contribution is -0.117. The van der Waals surface area contributed by atoms with Crippen molar-refractivity contribution in [1.82, 2.24) is 0 Å². The summed E-state index contributed by atoms with van der Waals surface area (Å²) in [6.45, 7) is 0. The second-order valence-corrected chi connectivity index (χ2v) is 1.40. The first-order chi connectivity index (χ1) is 3.81. The maximum absolute atomic E-state index is 10.1. The fourth-order valence-corrected chi connectivity index (χ4v) is 0.342. The van der Waals surface area contributed by atoms with Crippen molar-refractivity contribution in [3.63, 3.8) is 0 Å². The van der Waals surface area contributed by atoms with Crippen molar-refractivity contribution >= 4 is 17.5 Å². The van der Waals surface area contributed by atoms with Gasteiger partial charge in [-0.3, -0.25) is 4.79 Å². The van der Waals surface area contributed by atoms with E-state index in [2.05, 4.69) is 10.0 Å². The molecule has 0 saturated carbocycles. The van der Waals surface area contributed by atoms with Gasteiger partial charge in [-0.25, -0.2) is 0 Å². The third-order valence-corrected chi connectivity index (χ3v) is 0.654. The highest BCUT2D eigenvalue weighted by Gasteiger charge is 1.92. The Morgan fingerprint density at radius 3 is 3.00 bits per heavy atom. The molecule has 0 aromatic heterocycles. The lowest BCUT2D eigenvalue weighted by atomic mass is 10.7. The Bertz CT molecular complexity index is 128. The summed E-state index contributed by atoms with van der Waals surface area (Å²) in [6, 6.07) is 0. The van der Waals surface area contributed by atoms with Crippen molar-refractivity contribution in [2.24, 2.45) is 5.11 Å². The van der Waals surface area contributed by atoms with E-state index in [0.717, 1.165) is 0 Å². The van der Waals surface area contributed by atoms with E-state index >= 15 is 0 Å². The second-order valence-electron chi connectivity index (χ2n) is 1.02. The van der Waals surface area contributed by atoms with Crippen molar-refractivity contribution in [2.75, 3.05) is 5.88 Å². The van der Waals surface area contributed by atoms with Gasteiger partial charge >= 0.3 is 0 Å². The second kappa shape index (κ2) is 4.43. The number of halogens is 1. The van der Waals surface area contributed by atoms with Crippen molar-refractivity contribution in [3.05, 3.63) is 10.4 Å². The molecular formula is C3H4ClN3O. The van der Waals surface area contributed by atoms with Gasteiger partial charge < -0.3 is 0 Å². The summed E-state index contributed by atoms with van der Waals surface area (Å²) in [4.78, 5) is 12.4. The molecule has 0 N–H and O–H groups in total. The molecule has 0 aliphatic heterocycles. The van der Waals surface area contributed by atoms with Crippen LogP contribution in [0.3, 0.4) is 0 Å². The molecule has 0 radical (unpaired) electrons. The minimum atomic E-state index is -0.512. The standard InChI is InChI=1S/C3H4ClN3O/c4-2-1-3(8)6-7-5/h1-2H2/i2+2. The van der Waals surface area contributed by atoms with E-state index in [1.54, 1.807) is 0 Å². The van der Waals surface area contributed by atoms with Crippen LogP contribution >= 0.6 is 11.6 Å². The molecule has 0 aliphatic rings. The summed E-state index contributed by atoms with van der Waals surface area (Å²) in [5.41, 5.74) is 7.66. The van der Waals surface area contributed by atoms with Crippen molar-refractivity contribution < 1.29 is 4.79 Å². The Hall–Kier alpha value is -0.730. The summed E-state index contributed by atoms with van der Waals surface area (Å²) < 4.78 is 0. The molecule has 4 nitrogen and oxygen atoms in total. The molecule has 0 bridgehead atoms. The molecule has 8 heavy (non-hydrogen) atoms. The molecule has 0 saturated heterocycles. The van der Waals surface area contributed by atoms with E-state index in [0.29, 0.717) is 0 Å². The molecule has 0 rings (SSSR count). The zero-order valence-corrected chi connectivity index (χ0v) is 4.80. The number of hydrogen-bond acceptors (Lipinski definition) is 1. The highest BCUT2D eigenvalue weighted by atomic mass is 35.5. The van der Waals surface area contributed by atoms with Gasteiger partial charge in [0.1, 0.15) is 0 Å². The predicted molar refractivity (Wildman–Crippen MR) is 29.5 cm³/mol. The molecular weight excluding hydrogens is 131 g/mol. The number of rotatable bonds is 2. The quantitative estimate of drug-likeness (QED) is 0.245. The minimum absolute atomic E-state index is 0.117. The van der Waals surface area contributed by atoms with Gasteiger partial charge in [-0.1, -0.05) is 0 Å². The lowest BCUT2D eigenvalue weighted by Gasteiger charge is -1.80. The van der Waals surface area contributed by atoms with Crippen LogP contribution in [0.5, 0.6) is 0 Å². The van der Waals surface area contributed by atoms with Gasteiger partial charge in [0.25, 0.3) is 0 Å². The van der Waals surface area contributed by atoms with Crippen molar-refractivity contribution in [1.29, 1.82) is 0 Å². The van der Waals surface area contributed by atoms with Gasteiger partial charge in [0.05, 0.1) is 0 Å². The van der Waals surface area contributed by atoms with Crippen LogP contribution in [0.1, 0.15) is 6.42 Å². The van der Waals surface area contributed by atoms with Crippen molar-refractivity contribution in [3.8, 4) is 0 Å². The monoisotopic (exact) mass is 135 g/mol. The number of carbonyl (C=O) groups excluding carboxylic acids is 1. The fourth-order valence-electron chi connectivity index (χ4n) is 0.181. The van der Waals surface area contributed by atoms with E-state index in [1.165, 1.54) is 0 Å². The van der Waals surface area contributed by atoms with Gasteiger partial charge in [0, 0.05) is 17.2 Å². The molecule has 0 unspecified atom stereocenters. The van der Waals surface area contributed by atoms with Crippen LogP contribution < -0.4 is 0 Å². The average molecular weight is 136 g/mol. The Kier molecular flexibility index (Phi) is 4.03. The first kappa shape index (κ1) is 7.27. The lowest BCUT2D eigenvalue weighted by Crippen LogP contribution is -1.90. The van der Waals surface area contributed by atoms with Gasteiger partial charge in [-0.2, -0.15) is 0 Å². The Balaban J connectivity index is 3.49. The maximum atomic E-state index is 10.1. The highest BCUT2D eigenvalue weighted by molar-refractivity contribution is 6.18. The fraction of sp³-hybridized carbons (Fsp3) is 0.667. The van der Waals surface area contributed by atoms with Gasteiger partial charge in [0.2, 0.25) is 5.91 Å². The first-order valence-electron chi connectivity index (χ1n) is 1.95. The van der Waals surface area contributed by atoms with Gasteiger partial charge in [0.15, 0.2) is 0 Å². The summed E-state index contributed by atoms with van der Waals surface area (Å²) in [6.07, 6.45) is 0.117. The third kappa shape index (κ3) is 3.46. The average Bonchev–Trinajstić information content (AvgIpc) is 1.68. The van der Waals surface area contributed by atoms with E-state index in [-0.39, 0.29) is 12.3 Å². The number of nitrogens with zero attached hydrogens (tertiary/aromatic N) is 3. The Labute approximate surface area is 51.1 Å². The summed E-state index contributed by atoms with van der Waals surface area (Å²) in [5.74, 6) is -0.305. The first-order valence-corrected chi connectivity index (χ1v) is 2.48. The van der Waals surface area contributed by atoms with Crippen LogP contribution in [0, 0.1) is 0 Å². The van der Waals surface area contributed by atoms with E-state index < -0.39 is 5.91 Å². The summed E-state index contributed by atoms with van der Waals surface area (Å²) in [7, 11) is 0. The predicted octanol–water partition coefficient (Wildman–Crippen LogP) is 1.45. The molecule has 0 aromatic carbocycles. The summed E-state index contributed by atoms with van der Waals surface area (Å²) in [5, 5.41) is 2.77. The molecule has 0 atom stereocenters. The Morgan fingerprint density at radius 2 is 2.62 bits per heavy atom. The number of carbonyl (C=O) groups is 1. The SMILES string of the molecule is [N-]=[N+]=NC(=O)C[14CH2]Cl. The maximum Gasteiger partial charge on any atom is 0.220 e. The van der Waals surface area contributed by atoms with Crippen LogP contribution in [0.2, 0.25) is 0 Å². The number of amides is 1. The molecule has 44 valence electrons. The topological polar surface area (TPSA) is 65.8 Å². The van der Waals surface area contributed by atoms with Crippen LogP contribution in [-0.4, -0.2) is 11.8 Å². The normalized spacial score (nSPS) is 7.62. The molecule has 1 amide bonds. The third-order valence-electron chi connectivity index (χ3n) is 0.465. The number of alkyl halides is 1. The van der Waals surface area contributed by atoms with Crippen LogP contribution in [0.15, 0.2) is 5.11 Å². The zero-order chi connectivity index (χ0) is 6.41. The molecule has 0 spiro atoms. The van der Waals surface area contributed by atoms with Crippen LogP contribution in [0.25, 0.3) is 10.4 Å². The van der Waals surface area contributed by atoms with Crippen LogP contribution in [0.4, 0.5) is 0 Å². The largest absolute Gasteiger partial charge is 0.293 e. The number of hydrogen-bond donors (Lipinski definition) is 0. The molecule has 0 aliphatic carbocycles. The minimum Gasteiger partial charge on any atom is -0.293 e. The van der Waals surface area contributed by atoms with E-state index in [4.69, 9.17) is 17.1 Å². The summed E-state index contributed by atoms with van der Waals surface area (Å²) >= 11 is 5.13. The highest BCUT2D eigenvalue weighted by Crippen LogP contribution is 1.87. The number of azide groups is 1. The Morgan fingerprint density at radius 1 is 2.00 bits per heavy atom. The molecule has 0 aromatic rings. The van der Waals surface area contributed by atoms with Gasteiger partial charge in [-0.15, -0.1) is 11.6 Å². The zero-order valence-electron chi connectivity index (χ0n) is 4.04. The molecule has 0 fully saturated rings. The smallest absolute Gasteiger partial charge is 0.220 e.